The Bertz CT molecular complexity index is 978. The zero-order chi connectivity index (χ0) is 21.3. The Morgan fingerprint density at radius 1 is 1.03 bits per heavy atom. The normalized spacial score (nSPS) is 19.8. The Hall–Kier alpha value is -2.83. The molecule has 1 atom stereocenters. The van der Waals surface area contributed by atoms with Gasteiger partial charge in [0.1, 0.15) is 0 Å². The van der Waals surface area contributed by atoms with Crippen LogP contribution in [0.3, 0.4) is 0 Å². The second-order valence-electron chi connectivity index (χ2n) is 8.56. The zero-order valence-electron chi connectivity index (χ0n) is 18.2. The van der Waals surface area contributed by atoms with Crippen LogP contribution < -0.4 is 15.4 Å². The van der Waals surface area contributed by atoms with Gasteiger partial charge in [0.2, 0.25) is 5.91 Å². The van der Waals surface area contributed by atoms with Gasteiger partial charge in [0.05, 0.1) is 17.8 Å². The van der Waals surface area contributed by atoms with Crippen LogP contribution in [0.25, 0.3) is 0 Å². The number of rotatable bonds is 3. The van der Waals surface area contributed by atoms with Gasteiger partial charge in [-0.1, -0.05) is 12.1 Å². The Morgan fingerprint density at radius 2 is 1.80 bits per heavy atom. The zero-order valence-corrected chi connectivity index (χ0v) is 18.2. The van der Waals surface area contributed by atoms with E-state index in [0.717, 1.165) is 51.3 Å². The lowest BCUT2D eigenvalue weighted by Gasteiger charge is -2.40. The molecule has 2 aliphatic rings. The summed E-state index contributed by atoms with van der Waals surface area (Å²) in [6, 6.07) is 8.17. The van der Waals surface area contributed by atoms with Gasteiger partial charge in [0, 0.05) is 58.1 Å². The highest BCUT2D eigenvalue weighted by Gasteiger charge is 2.31. The van der Waals surface area contributed by atoms with Crippen LogP contribution in [0.5, 0.6) is 0 Å². The third-order valence-electron chi connectivity index (χ3n) is 6.39. The molecule has 30 heavy (non-hydrogen) atoms. The van der Waals surface area contributed by atoms with Crippen molar-refractivity contribution in [3.05, 3.63) is 51.9 Å². The number of aryl methyl sites for hydroxylation is 3. The van der Waals surface area contributed by atoms with E-state index in [1.807, 2.05) is 4.90 Å². The summed E-state index contributed by atoms with van der Waals surface area (Å²) in [4.78, 5) is 31.7. The number of hydrogen-bond acceptors (Lipinski definition) is 5. The van der Waals surface area contributed by atoms with Gasteiger partial charge in [-0.2, -0.15) is 5.10 Å². The summed E-state index contributed by atoms with van der Waals surface area (Å²) in [5.41, 5.74) is 4.52. The first-order valence-electron chi connectivity index (χ1n) is 10.8. The average molecular weight is 410 g/mol. The molecule has 1 unspecified atom stereocenters. The minimum atomic E-state index is -0.122. The van der Waals surface area contributed by atoms with Crippen LogP contribution in [0, 0.1) is 19.8 Å². The van der Waals surface area contributed by atoms with Gasteiger partial charge >= 0.3 is 0 Å². The summed E-state index contributed by atoms with van der Waals surface area (Å²) < 4.78 is 1.32. The van der Waals surface area contributed by atoms with Gasteiger partial charge in [0.15, 0.2) is 0 Å². The van der Waals surface area contributed by atoms with E-state index in [1.54, 1.807) is 19.3 Å². The number of aromatic nitrogens is 2. The number of piperazine rings is 1. The molecule has 2 fully saturated rings. The van der Waals surface area contributed by atoms with Crippen LogP contribution in [0.1, 0.15) is 24.0 Å². The van der Waals surface area contributed by atoms with E-state index in [4.69, 9.17) is 0 Å². The molecule has 160 valence electrons. The Morgan fingerprint density at radius 3 is 2.53 bits per heavy atom. The fourth-order valence-corrected chi connectivity index (χ4v) is 4.53. The molecule has 0 radical (unpaired) electrons. The first kappa shape index (κ1) is 20.4. The van der Waals surface area contributed by atoms with E-state index < -0.39 is 0 Å². The van der Waals surface area contributed by atoms with Crippen molar-refractivity contribution in [1.82, 2.24) is 14.7 Å². The lowest BCUT2D eigenvalue weighted by atomic mass is 9.95. The van der Waals surface area contributed by atoms with Gasteiger partial charge in [-0.3, -0.25) is 9.59 Å². The molecule has 2 aliphatic heterocycles. The molecule has 4 rings (SSSR count). The molecule has 7 heteroatoms. The minimum Gasteiger partial charge on any atom is -0.369 e. The van der Waals surface area contributed by atoms with E-state index in [-0.39, 0.29) is 17.4 Å². The van der Waals surface area contributed by atoms with Crippen LogP contribution >= 0.6 is 0 Å². The molecule has 1 aromatic heterocycles. The average Bonchev–Trinajstić information content (AvgIpc) is 2.77. The highest BCUT2D eigenvalue weighted by Crippen LogP contribution is 2.26. The van der Waals surface area contributed by atoms with Crippen molar-refractivity contribution < 1.29 is 4.79 Å². The molecule has 0 spiro atoms. The van der Waals surface area contributed by atoms with Crippen molar-refractivity contribution in [3.8, 4) is 0 Å². The lowest BCUT2D eigenvalue weighted by molar-refractivity contribution is -0.136. The Kier molecular flexibility index (Phi) is 5.79. The van der Waals surface area contributed by atoms with Gasteiger partial charge in [-0.05, 0) is 43.9 Å². The van der Waals surface area contributed by atoms with Crippen molar-refractivity contribution in [1.29, 1.82) is 0 Å². The van der Waals surface area contributed by atoms with Crippen LogP contribution in [0.15, 0.2) is 35.3 Å². The van der Waals surface area contributed by atoms with E-state index in [9.17, 15) is 9.59 Å². The molecular formula is C23H31N5O2. The molecule has 0 aliphatic carbocycles. The fraction of sp³-hybridized carbons (Fsp3) is 0.522. The topological polar surface area (TPSA) is 61.7 Å². The van der Waals surface area contributed by atoms with Crippen LogP contribution in [0.4, 0.5) is 11.4 Å². The number of hydrogen-bond donors (Lipinski definition) is 0. The summed E-state index contributed by atoms with van der Waals surface area (Å²) in [5, 5.41) is 4.13. The van der Waals surface area contributed by atoms with Crippen molar-refractivity contribution in [2.45, 2.75) is 26.7 Å². The van der Waals surface area contributed by atoms with Gasteiger partial charge in [0.25, 0.3) is 5.56 Å². The summed E-state index contributed by atoms with van der Waals surface area (Å²) in [6.45, 7) is 9.04. The predicted octanol–water partition coefficient (Wildman–Crippen LogP) is 1.96. The summed E-state index contributed by atoms with van der Waals surface area (Å²) in [5.74, 6) is 0.229. The largest absolute Gasteiger partial charge is 0.369 e. The first-order chi connectivity index (χ1) is 14.4. The number of carbonyl (C=O) groups is 1. The summed E-state index contributed by atoms with van der Waals surface area (Å²) in [7, 11) is 1.65. The van der Waals surface area contributed by atoms with Gasteiger partial charge in [-0.25, -0.2) is 4.68 Å². The van der Waals surface area contributed by atoms with E-state index in [2.05, 4.69) is 46.9 Å². The highest BCUT2D eigenvalue weighted by molar-refractivity contribution is 5.80. The van der Waals surface area contributed by atoms with Crippen molar-refractivity contribution in [3.63, 3.8) is 0 Å². The molecule has 0 N–H and O–H groups in total. The fourth-order valence-electron chi connectivity index (χ4n) is 4.53. The smallest absolute Gasteiger partial charge is 0.268 e. The quantitative estimate of drug-likeness (QED) is 0.776. The molecule has 0 saturated carbocycles. The number of nitrogens with zero attached hydrogens (tertiary/aromatic N) is 5. The van der Waals surface area contributed by atoms with Crippen LogP contribution in [-0.2, 0) is 11.8 Å². The second-order valence-corrected chi connectivity index (χ2v) is 8.56. The standard InChI is InChI=1S/C23H31N5O2/c1-17-6-7-18(2)21(13-17)26-9-11-27(12-10-26)23(30)19-5-4-8-28(16-19)20-14-22(29)25(3)24-15-20/h6-7,13-15,19H,4-5,8-12,16H2,1-3H3. The van der Waals surface area contributed by atoms with Crippen LogP contribution in [-0.4, -0.2) is 59.9 Å². The predicted molar refractivity (Wildman–Crippen MR) is 119 cm³/mol. The number of benzene rings is 1. The number of anilines is 2. The maximum absolute atomic E-state index is 13.2. The SMILES string of the molecule is Cc1ccc(C)c(N2CCN(C(=O)C3CCCN(c4cnn(C)c(=O)c4)C3)CC2)c1. The van der Waals surface area contributed by atoms with Crippen LogP contribution in [0.2, 0.25) is 0 Å². The maximum Gasteiger partial charge on any atom is 0.268 e. The number of amides is 1. The number of piperidine rings is 1. The third-order valence-corrected chi connectivity index (χ3v) is 6.39. The van der Waals surface area contributed by atoms with Crippen molar-refractivity contribution >= 4 is 17.3 Å². The summed E-state index contributed by atoms with van der Waals surface area (Å²) in [6.07, 6.45) is 3.58. The lowest BCUT2D eigenvalue weighted by Crippen LogP contribution is -2.52. The van der Waals surface area contributed by atoms with E-state index in [1.165, 1.54) is 21.5 Å². The van der Waals surface area contributed by atoms with Crippen molar-refractivity contribution in [2.75, 3.05) is 49.1 Å². The molecule has 2 aromatic rings. The molecule has 3 heterocycles. The van der Waals surface area contributed by atoms with Crippen molar-refractivity contribution in [2.24, 2.45) is 13.0 Å². The first-order valence-corrected chi connectivity index (χ1v) is 10.8. The molecule has 7 nitrogen and oxygen atoms in total. The molecule has 1 amide bonds. The second kappa shape index (κ2) is 8.50. The monoisotopic (exact) mass is 409 g/mol. The Labute approximate surface area is 177 Å². The molecular weight excluding hydrogens is 378 g/mol. The number of carbonyl (C=O) groups excluding carboxylic acids is 1. The highest BCUT2D eigenvalue weighted by atomic mass is 16.2. The van der Waals surface area contributed by atoms with Gasteiger partial charge < -0.3 is 14.7 Å². The molecule has 1 aromatic carbocycles. The third kappa shape index (κ3) is 4.20. The Balaban J connectivity index is 1.38. The maximum atomic E-state index is 13.2. The van der Waals surface area contributed by atoms with E-state index >= 15 is 0 Å². The minimum absolute atomic E-state index is 0.0185. The molecule has 0 bridgehead atoms. The molecule has 2 saturated heterocycles. The van der Waals surface area contributed by atoms with E-state index in [0.29, 0.717) is 6.54 Å². The summed E-state index contributed by atoms with van der Waals surface area (Å²) >= 11 is 0. The van der Waals surface area contributed by atoms with Gasteiger partial charge in [-0.15, -0.1) is 0 Å².